The molecule has 2 aromatic rings. The third-order valence-electron chi connectivity index (χ3n) is 3.85. The Balaban J connectivity index is 1.44. The molecule has 1 aliphatic rings. The molecule has 0 radical (unpaired) electrons. The molecule has 3 heteroatoms. The van der Waals surface area contributed by atoms with E-state index in [4.69, 9.17) is 4.74 Å². The van der Waals surface area contributed by atoms with Gasteiger partial charge in [-0.15, -0.1) is 11.8 Å². The summed E-state index contributed by atoms with van der Waals surface area (Å²) >= 11 is 2.00. The minimum atomic E-state index is 0.667. The summed E-state index contributed by atoms with van der Waals surface area (Å²) in [6.45, 7) is 2.06. The minimum absolute atomic E-state index is 0.667. The zero-order chi connectivity index (χ0) is 14.5. The van der Waals surface area contributed by atoms with Crippen molar-refractivity contribution in [3.8, 4) is 5.75 Å². The molecule has 1 atom stereocenters. The molecule has 21 heavy (non-hydrogen) atoms. The van der Waals surface area contributed by atoms with Crippen molar-refractivity contribution >= 4 is 11.8 Å². The summed E-state index contributed by atoms with van der Waals surface area (Å²) in [5, 5.41) is 4.25. The predicted octanol–water partition coefficient (Wildman–Crippen LogP) is 3.54. The number of benzene rings is 2. The van der Waals surface area contributed by atoms with Crippen LogP contribution in [0.5, 0.6) is 5.75 Å². The molecular formula is C18H21NOS. The van der Waals surface area contributed by atoms with Gasteiger partial charge in [0.15, 0.2) is 0 Å². The molecule has 0 bridgehead atoms. The molecule has 110 valence electrons. The van der Waals surface area contributed by atoms with E-state index in [-0.39, 0.29) is 0 Å². The average molecular weight is 299 g/mol. The first-order valence-electron chi connectivity index (χ1n) is 7.44. The van der Waals surface area contributed by atoms with Crippen molar-refractivity contribution in [2.75, 3.05) is 20.2 Å². The molecule has 0 spiro atoms. The van der Waals surface area contributed by atoms with Gasteiger partial charge in [-0.1, -0.05) is 36.4 Å². The number of hydrogen-bond acceptors (Lipinski definition) is 3. The zero-order valence-corrected chi connectivity index (χ0v) is 13.2. The molecule has 0 aromatic heterocycles. The first kappa shape index (κ1) is 14.5. The van der Waals surface area contributed by atoms with Gasteiger partial charge < -0.3 is 10.1 Å². The number of methoxy groups -OCH3 is 1. The van der Waals surface area contributed by atoms with Gasteiger partial charge in [-0.25, -0.2) is 0 Å². The minimum Gasteiger partial charge on any atom is -0.496 e. The van der Waals surface area contributed by atoms with Crippen LogP contribution in [0.1, 0.15) is 11.1 Å². The van der Waals surface area contributed by atoms with E-state index in [1.54, 1.807) is 7.11 Å². The summed E-state index contributed by atoms with van der Waals surface area (Å²) in [6, 6.07) is 17.0. The Morgan fingerprint density at radius 2 is 1.95 bits per heavy atom. The molecule has 2 nitrogen and oxygen atoms in total. The number of nitrogens with one attached hydrogen (secondary N) is 1. The fraction of sp³-hybridized carbons (Fsp3) is 0.333. The summed E-state index contributed by atoms with van der Waals surface area (Å²) in [7, 11) is 1.73. The topological polar surface area (TPSA) is 21.3 Å². The van der Waals surface area contributed by atoms with E-state index in [9.17, 15) is 0 Å². The highest BCUT2D eigenvalue weighted by Crippen LogP contribution is 2.36. The normalized spacial score (nSPS) is 16.7. The molecule has 0 saturated carbocycles. The van der Waals surface area contributed by atoms with Gasteiger partial charge in [0.2, 0.25) is 0 Å². The van der Waals surface area contributed by atoms with E-state index in [1.165, 1.54) is 22.4 Å². The molecule has 0 amide bonds. The van der Waals surface area contributed by atoms with Gasteiger partial charge in [0, 0.05) is 16.7 Å². The van der Waals surface area contributed by atoms with Gasteiger partial charge in [0.05, 0.1) is 7.11 Å². The molecule has 0 fully saturated rings. The highest BCUT2D eigenvalue weighted by molar-refractivity contribution is 8.00. The van der Waals surface area contributed by atoms with E-state index < -0.39 is 0 Å². The average Bonchev–Trinajstić information content (AvgIpc) is 2.94. The lowest BCUT2D eigenvalue weighted by Crippen LogP contribution is -2.26. The van der Waals surface area contributed by atoms with Gasteiger partial charge in [0.1, 0.15) is 5.75 Å². The lowest BCUT2D eigenvalue weighted by molar-refractivity contribution is 0.409. The van der Waals surface area contributed by atoms with Crippen LogP contribution in [0.25, 0.3) is 0 Å². The smallest absolute Gasteiger partial charge is 0.122 e. The van der Waals surface area contributed by atoms with Crippen molar-refractivity contribution in [2.24, 2.45) is 0 Å². The first-order chi connectivity index (χ1) is 10.4. The molecule has 3 rings (SSSR count). The Morgan fingerprint density at radius 3 is 2.81 bits per heavy atom. The van der Waals surface area contributed by atoms with E-state index in [2.05, 4.69) is 41.7 Å². The summed E-state index contributed by atoms with van der Waals surface area (Å²) in [6.07, 6.45) is 2.19. The fourth-order valence-electron chi connectivity index (χ4n) is 2.76. The summed E-state index contributed by atoms with van der Waals surface area (Å²) in [4.78, 5) is 1.45. The maximum atomic E-state index is 5.39. The number of thioether (sulfide) groups is 1. The van der Waals surface area contributed by atoms with Crippen molar-refractivity contribution in [2.45, 2.75) is 23.0 Å². The molecule has 1 aliphatic heterocycles. The largest absolute Gasteiger partial charge is 0.496 e. The maximum absolute atomic E-state index is 5.39. The molecule has 0 aliphatic carbocycles. The van der Waals surface area contributed by atoms with E-state index in [0.29, 0.717) is 5.25 Å². The van der Waals surface area contributed by atoms with Crippen molar-refractivity contribution in [3.05, 3.63) is 59.7 Å². The quantitative estimate of drug-likeness (QED) is 0.824. The first-order valence-corrected chi connectivity index (χ1v) is 8.32. The van der Waals surface area contributed by atoms with Gasteiger partial charge in [-0.3, -0.25) is 0 Å². The van der Waals surface area contributed by atoms with Gasteiger partial charge in [-0.05, 0) is 42.6 Å². The Labute approximate surface area is 130 Å². The number of para-hydroxylation sites is 1. The molecular weight excluding hydrogens is 278 g/mol. The molecule has 1 N–H and O–H groups in total. The predicted molar refractivity (Wildman–Crippen MR) is 89.4 cm³/mol. The number of ether oxygens (including phenoxy) is 1. The SMILES string of the molecule is COc1ccccc1CCNCC1Cc2ccccc2S1. The van der Waals surface area contributed by atoms with E-state index in [1.807, 2.05) is 23.9 Å². The molecule has 2 aromatic carbocycles. The highest BCUT2D eigenvalue weighted by atomic mass is 32.2. The van der Waals surface area contributed by atoms with Crippen LogP contribution in [0.4, 0.5) is 0 Å². The summed E-state index contributed by atoms with van der Waals surface area (Å²) in [5.74, 6) is 0.988. The fourth-order valence-corrected chi connectivity index (χ4v) is 4.05. The number of rotatable bonds is 6. The lowest BCUT2D eigenvalue weighted by atomic mass is 10.1. The van der Waals surface area contributed by atoms with Gasteiger partial charge in [-0.2, -0.15) is 0 Å². The maximum Gasteiger partial charge on any atom is 0.122 e. The van der Waals surface area contributed by atoms with Crippen LogP contribution in [0.2, 0.25) is 0 Å². The Kier molecular flexibility index (Phi) is 4.84. The van der Waals surface area contributed by atoms with E-state index in [0.717, 1.165) is 25.3 Å². The van der Waals surface area contributed by atoms with Crippen LogP contribution in [0, 0.1) is 0 Å². The Bertz CT molecular complexity index is 574. The van der Waals surface area contributed by atoms with Crippen LogP contribution >= 0.6 is 11.8 Å². The number of fused-ring (bicyclic) bond motifs is 1. The second-order valence-electron chi connectivity index (χ2n) is 5.32. The molecule has 0 saturated heterocycles. The van der Waals surface area contributed by atoms with Crippen LogP contribution < -0.4 is 10.1 Å². The zero-order valence-electron chi connectivity index (χ0n) is 12.3. The highest BCUT2D eigenvalue weighted by Gasteiger charge is 2.20. The van der Waals surface area contributed by atoms with Gasteiger partial charge in [0.25, 0.3) is 0 Å². The second kappa shape index (κ2) is 7.01. The second-order valence-corrected chi connectivity index (χ2v) is 6.66. The summed E-state index contributed by atoms with van der Waals surface area (Å²) < 4.78 is 5.39. The van der Waals surface area contributed by atoms with Crippen LogP contribution in [0.3, 0.4) is 0 Å². The summed E-state index contributed by atoms with van der Waals surface area (Å²) in [5.41, 5.74) is 2.77. The van der Waals surface area contributed by atoms with Crippen LogP contribution in [-0.2, 0) is 12.8 Å². The van der Waals surface area contributed by atoms with Crippen molar-refractivity contribution in [3.63, 3.8) is 0 Å². The van der Waals surface area contributed by atoms with Crippen molar-refractivity contribution in [1.29, 1.82) is 0 Å². The number of hydrogen-bond donors (Lipinski definition) is 1. The molecule has 1 heterocycles. The lowest BCUT2D eigenvalue weighted by Gasteiger charge is -2.11. The van der Waals surface area contributed by atoms with Crippen LogP contribution in [-0.4, -0.2) is 25.4 Å². The Morgan fingerprint density at radius 1 is 1.14 bits per heavy atom. The monoisotopic (exact) mass is 299 g/mol. The van der Waals surface area contributed by atoms with E-state index >= 15 is 0 Å². The van der Waals surface area contributed by atoms with Gasteiger partial charge >= 0.3 is 0 Å². The third-order valence-corrected chi connectivity index (χ3v) is 5.17. The van der Waals surface area contributed by atoms with Crippen molar-refractivity contribution in [1.82, 2.24) is 5.32 Å². The van der Waals surface area contributed by atoms with Crippen molar-refractivity contribution < 1.29 is 4.74 Å². The van der Waals surface area contributed by atoms with Crippen LogP contribution in [0.15, 0.2) is 53.4 Å². The molecule has 1 unspecified atom stereocenters. The standard InChI is InChI=1S/C18H21NOS/c1-20-17-8-4-2-6-14(17)10-11-19-13-16-12-15-7-3-5-9-18(15)21-16/h2-9,16,19H,10-13H2,1H3. The Hall–Kier alpha value is -1.45. The third kappa shape index (κ3) is 3.60.